The summed E-state index contributed by atoms with van der Waals surface area (Å²) < 4.78 is 5.66. The number of rotatable bonds is 7. The molecule has 1 aliphatic carbocycles. The van der Waals surface area contributed by atoms with E-state index < -0.39 is 12.2 Å². The zero-order valence-electron chi connectivity index (χ0n) is 16.3. The van der Waals surface area contributed by atoms with Gasteiger partial charge in [0.15, 0.2) is 0 Å². The van der Waals surface area contributed by atoms with E-state index in [1.165, 1.54) is 4.90 Å². The predicted molar refractivity (Wildman–Crippen MR) is 110 cm³/mol. The van der Waals surface area contributed by atoms with E-state index in [4.69, 9.17) is 4.74 Å². The van der Waals surface area contributed by atoms with Gasteiger partial charge in [-0.15, -0.1) is 0 Å². The Hall–Kier alpha value is -3.12. The van der Waals surface area contributed by atoms with Crippen LogP contribution in [-0.2, 0) is 16.1 Å². The van der Waals surface area contributed by atoms with Crippen molar-refractivity contribution in [3.05, 3.63) is 72.0 Å². The third-order valence-electron chi connectivity index (χ3n) is 5.43. The van der Waals surface area contributed by atoms with Gasteiger partial charge in [-0.2, -0.15) is 0 Å². The molecule has 1 heterocycles. The molecule has 0 bridgehead atoms. The second-order valence-corrected chi connectivity index (χ2v) is 7.20. The predicted octanol–water partition coefficient (Wildman–Crippen LogP) is 4.13. The van der Waals surface area contributed by atoms with Gasteiger partial charge in [0.05, 0.1) is 12.5 Å². The van der Waals surface area contributed by atoms with E-state index in [-0.39, 0.29) is 18.5 Å². The smallest absolute Gasteiger partial charge is 0.327 e. The number of urea groups is 1. The second-order valence-electron chi connectivity index (χ2n) is 7.20. The molecule has 2 aromatic rings. The van der Waals surface area contributed by atoms with Crippen molar-refractivity contribution in [1.29, 1.82) is 0 Å². The summed E-state index contributed by atoms with van der Waals surface area (Å²) in [4.78, 5) is 28.1. The number of hydrogen-bond acceptors (Lipinski definition) is 3. The molecule has 2 atom stereocenters. The molecule has 0 spiro atoms. The standard InChI is InChI=1S/C23H24N2O4/c1-2-29-21(14-22(26)27)25-20-13-6-5-12-19(20)24(23(25)28)15-17-10-7-9-16-8-3-4-11-18(16)17/h3-11,13,19,21H,2,12,14-15H2,1H3,(H,26,27). The number of benzene rings is 2. The summed E-state index contributed by atoms with van der Waals surface area (Å²) in [5.41, 5.74) is 1.87. The Morgan fingerprint density at radius 2 is 2.03 bits per heavy atom. The highest BCUT2D eigenvalue weighted by molar-refractivity contribution is 5.87. The van der Waals surface area contributed by atoms with Crippen LogP contribution in [-0.4, -0.2) is 45.8 Å². The third kappa shape index (κ3) is 3.63. The lowest BCUT2D eigenvalue weighted by Crippen LogP contribution is -2.41. The fourth-order valence-corrected chi connectivity index (χ4v) is 4.16. The fraction of sp³-hybridized carbons (Fsp3) is 0.304. The van der Waals surface area contributed by atoms with Crippen molar-refractivity contribution >= 4 is 22.8 Å². The molecule has 1 aliphatic heterocycles. The molecule has 6 nitrogen and oxygen atoms in total. The number of carbonyl (C=O) groups is 2. The van der Waals surface area contributed by atoms with E-state index in [0.29, 0.717) is 19.6 Å². The molecule has 150 valence electrons. The Labute approximate surface area is 169 Å². The number of allylic oxidation sites excluding steroid dienone is 2. The topological polar surface area (TPSA) is 70.1 Å². The number of carboxylic acid groups (broad SMARTS) is 1. The van der Waals surface area contributed by atoms with E-state index in [9.17, 15) is 14.7 Å². The third-order valence-corrected chi connectivity index (χ3v) is 5.43. The number of carboxylic acids is 1. The molecule has 2 aliphatic rings. The molecule has 6 heteroatoms. The molecule has 1 saturated heterocycles. The summed E-state index contributed by atoms with van der Waals surface area (Å²) in [6.07, 6.45) is 5.47. The quantitative estimate of drug-likeness (QED) is 0.769. The monoisotopic (exact) mass is 392 g/mol. The molecule has 2 aromatic carbocycles. The summed E-state index contributed by atoms with van der Waals surface area (Å²) in [7, 11) is 0. The van der Waals surface area contributed by atoms with E-state index in [1.807, 2.05) is 47.4 Å². The van der Waals surface area contributed by atoms with Crippen molar-refractivity contribution in [3.63, 3.8) is 0 Å². The zero-order chi connectivity index (χ0) is 20.4. The van der Waals surface area contributed by atoms with Gasteiger partial charge in [0.25, 0.3) is 0 Å². The fourth-order valence-electron chi connectivity index (χ4n) is 4.16. The van der Waals surface area contributed by atoms with Gasteiger partial charge in [-0.05, 0) is 35.8 Å². The molecule has 1 fully saturated rings. The maximum Gasteiger partial charge on any atom is 0.327 e. The van der Waals surface area contributed by atoms with Crippen molar-refractivity contribution in [2.75, 3.05) is 6.61 Å². The molecule has 0 radical (unpaired) electrons. The lowest BCUT2D eigenvalue weighted by atomic mass is 10.0. The number of amides is 2. The van der Waals surface area contributed by atoms with Gasteiger partial charge in [-0.1, -0.05) is 54.6 Å². The van der Waals surface area contributed by atoms with Gasteiger partial charge >= 0.3 is 12.0 Å². The maximum absolute atomic E-state index is 13.4. The average molecular weight is 392 g/mol. The van der Waals surface area contributed by atoms with Crippen LogP contribution in [0.25, 0.3) is 10.8 Å². The summed E-state index contributed by atoms with van der Waals surface area (Å²) in [5.74, 6) is -0.993. The average Bonchev–Trinajstić information content (AvgIpc) is 2.99. The molecular formula is C23H24N2O4. The Morgan fingerprint density at radius 3 is 2.83 bits per heavy atom. The van der Waals surface area contributed by atoms with Crippen LogP contribution < -0.4 is 0 Å². The first-order valence-electron chi connectivity index (χ1n) is 9.86. The minimum absolute atomic E-state index is 0.122. The summed E-state index contributed by atoms with van der Waals surface area (Å²) in [5, 5.41) is 11.6. The number of aliphatic carboxylic acids is 1. The first-order valence-corrected chi connectivity index (χ1v) is 9.86. The van der Waals surface area contributed by atoms with Crippen LogP contribution in [0.4, 0.5) is 4.79 Å². The first-order chi connectivity index (χ1) is 14.1. The van der Waals surface area contributed by atoms with E-state index in [1.54, 1.807) is 6.92 Å². The molecule has 1 N–H and O–H groups in total. The number of carbonyl (C=O) groups excluding carboxylic acids is 1. The molecule has 0 aromatic heterocycles. The summed E-state index contributed by atoms with van der Waals surface area (Å²) in [6.45, 7) is 2.59. The minimum Gasteiger partial charge on any atom is -0.481 e. The van der Waals surface area contributed by atoms with Gasteiger partial charge in [-0.3, -0.25) is 9.69 Å². The Morgan fingerprint density at radius 1 is 1.24 bits per heavy atom. The molecule has 29 heavy (non-hydrogen) atoms. The van der Waals surface area contributed by atoms with Crippen LogP contribution in [0.2, 0.25) is 0 Å². The summed E-state index contributed by atoms with van der Waals surface area (Å²) in [6, 6.07) is 13.9. The van der Waals surface area contributed by atoms with Crippen LogP contribution in [0, 0.1) is 0 Å². The Kier molecular flexibility index (Phi) is 5.36. The van der Waals surface area contributed by atoms with Crippen molar-refractivity contribution in [3.8, 4) is 0 Å². The second kappa shape index (κ2) is 8.09. The molecule has 2 unspecified atom stereocenters. The van der Waals surface area contributed by atoms with E-state index >= 15 is 0 Å². The van der Waals surface area contributed by atoms with Crippen molar-refractivity contribution in [1.82, 2.24) is 9.80 Å². The minimum atomic E-state index is -0.993. The lowest BCUT2D eigenvalue weighted by Gasteiger charge is -2.27. The maximum atomic E-state index is 13.4. The van der Waals surface area contributed by atoms with Crippen LogP contribution in [0.15, 0.2) is 66.4 Å². The number of ether oxygens (including phenoxy) is 1. The molecule has 4 rings (SSSR count). The molecular weight excluding hydrogens is 368 g/mol. The Bertz CT molecular complexity index is 992. The number of fused-ring (bicyclic) bond motifs is 2. The highest BCUT2D eigenvalue weighted by atomic mass is 16.5. The van der Waals surface area contributed by atoms with Gasteiger partial charge in [0.1, 0.15) is 6.23 Å². The number of nitrogens with zero attached hydrogens (tertiary/aromatic N) is 2. The van der Waals surface area contributed by atoms with Crippen molar-refractivity contribution in [2.45, 2.75) is 38.6 Å². The van der Waals surface area contributed by atoms with Crippen LogP contribution >= 0.6 is 0 Å². The van der Waals surface area contributed by atoms with Crippen LogP contribution in [0.5, 0.6) is 0 Å². The normalized spacial score (nSPS) is 19.4. The molecule has 0 saturated carbocycles. The highest BCUT2D eigenvalue weighted by Crippen LogP contribution is 2.36. The van der Waals surface area contributed by atoms with Gasteiger partial charge in [0, 0.05) is 18.8 Å². The van der Waals surface area contributed by atoms with Gasteiger partial charge < -0.3 is 14.7 Å². The van der Waals surface area contributed by atoms with Crippen LogP contribution in [0.3, 0.4) is 0 Å². The van der Waals surface area contributed by atoms with Crippen LogP contribution in [0.1, 0.15) is 25.3 Å². The first kappa shape index (κ1) is 19.2. The lowest BCUT2D eigenvalue weighted by molar-refractivity contribution is -0.142. The SMILES string of the molecule is CCOC(CC(=O)O)N1C(=O)N(Cc2cccc3ccccc23)C2CC=CC=C21. The van der Waals surface area contributed by atoms with Gasteiger partial charge in [0.2, 0.25) is 0 Å². The highest BCUT2D eigenvalue weighted by Gasteiger charge is 2.45. The summed E-state index contributed by atoms with van der Waals surface area (Å²) >= 11 is 0. The van der Waals surface area contributed by atoms with E-state index in [2.05, 4.69) is 18.2 Å². The largest absolute Gasteiger partial charge is 0.481 e. The molecule has 2 amide bonds. The number of hydrogen-bond donors (Lipinski definition) is 1. The van der Waals surface area contributed by atoms with Gasteiger partial charge in [-0.25, -0.2) is 4.79 Å². The van der Waals surface area contributed by atoms with Crippen molar-refractivity contribution < 1.29 is 19.4 Å². The Balaban J connectivity index is 1.69. The zero-order valence-corrected chi connectivity index (χ0v) is 16.3. The van der Waals surface area contributed by atoms with Crippen molar-refractivity contribution in [2.24, 2.45) is 0 Å². The van der Waals surface area contributed by atoms with E-state index in [0.717, 1.165) is 22.0 Å².